The summed E-state index contributed by atoms with van der Waals surface area (Å²) in [5, 5.41) is 3.11. The molecule has 4 aromatic carbocycles. The SMILES string of the molecule is Cc1ccc(S(=O)(=O)N(CC(=O)Nc2ccc(Oc3ccccc3)cc2)c2cccc(Cl)c2)cc1. The lowest BCUT2D eigenvalue weighted by Gasteiger charge is -2.24. The molecule has 0 fully saturated rings. The summed E-state index contributed by atoms with van der Waals surface area (Å²) < 4.78 is 33.7. The first-order chi connectivity index (χ1) is 16.8. The van der Waals surface area contributed by atoms with Gasteiger partial charge in [0.1, 0.15) is 18.0 Å². The van der Waals surface area contributed by atoms with Crippen LogP contribution in [-0.2, 0) is 14.8 Å². The molecule has 0 bridgehead atoms. The van der Waals surface area contributed by atoms with E-state index >= 15 is 0 Å². The Bertz CT molecular complexity index is 1410. The van der Waals surface area contributed by atoms with Crippen molar-refractivity contribution in [3.05, 3.63) is 114 Å². The molecule has 0 aliphatic carbocycles. The van der Waals surface area contributed by atoms with Gasteiger partial charge in [-0.1, -0.05) is 53.6 Å². The molecule has 0 aliphatic heterocycles. The molecule has 1 amide bonds. The van der Waals surface area contributed by atoms with Gasteiger partial charge in [-0.15, -0.1) is 0 Å². The summed E-state index contributed by atoms with van der Waals surface area (Å²) in [6.45, 7) is 1.44. The van der Waals surface area contributed by atoms with Gasteiger partial charge in [-0.3, -0.25) is 9.10 Å². The fraction of sp³-hybridized carbons (Fsp3) is 0.0741. The fourth-order valence-electron chi connectivity index (χ4n) is 3.35. The zero-order valence-electron chi connectivity index (χ0n) is 18.9. The number of sulfonamides is 1. The van der Waals surface area contributed by atoms with Gasteiger partial charge in [0.05, 0.1) is 10.6 Å². The van der Waals surface area contributed by atoms with E-state index in [0.717, 1.165) is 9.87 Å². The van der Waals surface area contributed by atoms with Gasteiger partial charge in [0.15, 0.2) is 0 Å². The van der Waals surface area contributed by atoms with Crippen molar-refractivity contribution in [1.29, 1.82) is 0 Å². The second-order valence-corrected chi connectivity index (χ2v) is 10.1. The molecule has 0 aromatic heterocycles. The number of rotatable bonds is 8. The Morgan fingerprint density at radius 3 is 2.17 bits per heavy atom. The highest BCUT2D eigenvalue weighted by Gasteiger charge is 2.27. The number of benzene rings is 4. The molecule has 0 unspecified atom stereocenters. The van der Waals surface area contributed by atoms with Crippen LogP contribution in [0.25, 0.3) is 0 Å². The van der Waals surface area contributed by atoms with Gasteiger partial charge in [-0.2, -0.15) is 0 Å². The lowest BCUT2D eigenvalue weighted by Crippen LogP contribution is -2.38. The minimum atomic E-state index is -4.02. The first-order valence-electron chi connectivity index (χ1n) is 10.8. The van der Waals surface area contributed by atoms with Crippen LogP contribution >= 0.6 is 11.6 Å². The molecule has 0 aliphatic rings. The van der Waals surface area contributed by atoms with Crippen LogP contribution in [0.2, 0.25) is 5.02 Å². The molecule has 35 heavy (non-hydrogen) atoms. The van der Waals surface area contributed by atoms with Crippen LogP contribution < -0.4 is 14.4 Å². The molecule has 0 saturated carbocycles. The van der Waals surface area contributed by atoms with Crippen molar-refractivity contribution in [1.82, 2.24) is 0 Å². The minimum Gasteiger partial charge on any atom is -0.457 e. The Balaban J connectivity index is 1.53. The highest BCUT2D eigenvalue weighted by molar-refractivity contribution is 7.92. The minimum absolute atomic E-state index is 0.0817. The van der Waals surface area contributed by atoms with Crippen molar-refractivity contribution in [2.75, 3.05) is 16.2 Å². The number of hydrogen-bond acceptors (Lipinski definition) is 4. The molecule has 4 rings (SSSR count). The predicted octanol–water partition coefficient (Wildman–Crippen LogP) is 6.27. The Labute approximate surface area is 209 Å². The van der Waals surface area contributed by atoms with Crippen LogP contribution in [0.3, 0.4) is 0 Å². The molecule has 4 aromatic rings. The van der Waals surface area contributed by atoms with E-state index in [1.807, 2.05) is 37.3 Å². The molecule has 0 heterocycles. The molecule has 0 saturated heterocycles. The number of carbonyl (C=O) groups excluding carboxylic acids is 1. The number of nitrogens with one attached hydrogen (secondary N) is 1. The maximum Gasteiger partial charge on any atom is 0.264 e. The Hall–Kier alpha value is -3.81. The summed E-state index contributed by atoms with van der Waals surface area (Å²) in [6.07, 6.45) is 0. The van der Waals surface area contributed by atoms with E-state index in [-0.39, 0.29) is 4.90 Å². The number of anilines is 2. The van der Waals surface area contributed by atoms with Crippen LogP contribution in [0.4, 0.5) is 11.4 Å². The quantitative estimate of drug-likeness (QED) is 0.305. The van der Waals surface area contributed by atoms with Crippen molar-refractivity contribution in [2.24, 2.45) is 0 Å². The van der Waals surface area contributed by atoms with E-state index < -0.39 is 22.5 Å². The maximum absolute atomic E-state index is 13.4. The Morgan fingerprint density at radius 2 is 1.51 bits per heavy atom. The van der Waals surface area contributed by atoms with Crippen LogP contribution in [0, 0.1) is 6.92 Å². The van der Waals surface area contributed by atoms with Crippen LogP contribution in [0.5, 0.6) is 11.5 Å². The van der Waals surface area contributed by atoms with Gasteiger partial charge in [-0.25, -0.2) is 8.42 Å². The molecular weight excluding hydrogens is 484 g/mol. The maximum atomic E-state index is 13.4. The van der Waals surface area contributed by atoms with Crippen molar-refractivity contribution >= 4 is 38.9 Å². The first-order valence-corrected chi connectivity index (χ1v) is 12.6. The van der Waals surface area contributed by atoms with Gasteiger partial charge in [0, 0.05) is 10.7 Å². The van der Waals surface area contributed by atoms with E-state index in [2.05, 4.69) is 5.32 Å². The second kappa shape index (κ2) is 10.6. The van der Waals surface area contributed by atoms with Gasteiger partial charge < -0.3 is 10.1 Å². The molecule has 0 radical (unpaired) electrons. The fourth-order valence-corrected chi connectivity index (χ4v) is 4.94. The molecule has 8 heteroatoms. The van der Waals surface area contributed by atoms with Gasteiger partial charge >= 0.3 is 0 Å². The number of amides is 1. The Morgan fingerprint density at radius 1 is 0.857 bits per heavy atom. The van der Waals surface area contributed by atoms with Gasteiger partial charge in [0.2, 0.25) is 5.91 Å². The zero-order chi connectivity index (χ0) is 24.8. The lowest BCUT2D eigenvalue weighted by molar-refractivity contribution is -0.114. The van der Waals surface area contributed by atoms with Crippen molar-refractivity contribution in [2.45, 2.75) is 11.8 Å². The van der Waals surface area contributed by atoms with Crippen LogP contribution in [0.15, 0.2) is 108 Å². The van der Waals surface area contributed by atoms with Gasteiger partial charge in [-0.05, 0) is 73.7 Å². The monoisotopic (exact) mass is 506 g/mol. The summed E-state index contributed by atoms with van der Waals surface area (Å²) in [5.41, 5.74) is 1.73. The van der Waals surface area contributed by atoms with E-state index in [1.54, 1.807) is 54.6 Å². The third kappa shape index (κ3) is 6.20. The first kappa shape index (κ1) is 24.3. The van der Waals surface area contributed by atoms with Crippen molar-refractivity contribution < 1.29 is 17.9 Å². The second-order valence-electron chi connectivity index (χ2n) is 7.79. The smallest absolute Gasteiger partial charge is 0.264 e. The molecule has 6 nitrogen and oxygen atoms in total. The Kier molecular flexibility index (Phi) is 7.39. The number of aryl methyl sites for hydroxylation is 1. The number of halogens is 1. The molecular formula is C27H23ClN2O4S. The molecule has 0 spiro atoms. The van der Waals surface area contributed by atoms with E-state index in [0.29, 0.717) is 27.9 Å². The standard InChI is InChI=1S/C27H23ClN2O4S/c1-20-10-16-26(17-11-20)35(32,33)30(23-7-5-6-21(28)18-23)19-27(31)29-22-12-14-25(15-13-22)34-24-8-3-2-4-9-24/h2-18H,19H2,1H3,(H,29,31). The van der Waals surface area contributed by atoms with Crippen molar-refractivity contribution in [3.8, 4) is 11.5 Å². The average molecular weight is 507 g/mol. The summed E-state index contributed by atoms with van der Waals surface area (Å²) >= 11 is 6.11. The van der Waals surface area contributed by atoms with E-state index in [1.165, 1.54) is 18.2 Å². The third-order valence-electron chi connectivity index (χ3n) is 5.11. The molecule has 1 N–H and O–H groups in total. The normalized spacial score (nSPS) is 11.0. The summed E-state index contributed by atoms with van der Waals surface area (Å²) in [4.78, 5) is 13.0. The topological polar surface area (TPSA) is 75.7 Å². The summed E-state index contributed by atoms with van der Waals surface area (Å²) in [5.74, 6) is 0.803. The summed E-state index contributed by atoms with van der Waals surface area (Å²) in [6, 6.07) is 29.0. The number of nitrogens with zero attached hydrogens (tertiary/aromatic N) is 1. The average Bonchev–Trinajstić information content (AvgIpc) is 2.84. The largest absolute Gasteiger partial charge is 0.457 e. The van der Waals surface area contributed by atoms with E-state index in [4.69, 9.17) is 16.3 Å². The number of para-hydroxylation sites is 1. The summed E-state index contributed by atoms with van der Waals surface area (Å²) in [7, 11) is -4.02. The van der Waals surface area contributed by atoms with Crippen LogP contribution in [-0.4, -0.2) is 20.9 Å². The third-order valence-corrected chi connectivity index (χ3v) is 7.13. The highest BCUT2D eigenvalue weighted by Crippen LogP contribution is 2.27. The predicted molar refractivity (Wildman–Crippen MR) is 139 cm³/mol. The highest BCUT2D eigenvalue weighted by atomic mass is 35.5. The number of carbonyl (C=O) groups is 1. The van der Waals surface area contributed by atoms with Crippen LogP contribution in [0.1, 0.15) is 5.56 Å². The van der Waals surface area contributed by atoms with E-state index in [9.17, 15) is 13.2 Å². The van der Waals surface area contributed by atoms with Gasteiger partial charge in [0.25, 0.3) is 10.0 Å². The zero-order valence-corrected chi connectivity index (χ0v) is 20.5. The lowest BCUT2D eigenvalue weighted by atomic mass is 10.2. The molecule has 0 atom stereocenters. The number of ether oxygens (including phenoxy) is 1. The van der Waals surface area contributed by atoms with Crippen molar-refractivity contribution in [3.63, 3.8) is 0 Å². The number of hydrogen-bond donors (Lipinski definition) is 1. The molecule has 178 valence electrons.